The maximum absolute atomic E-state index is 14.9. The molecule has 4 rings (SSSR count). The highest BCUT2D eigenvalue weighted by molar-refractivity contribution is 6.62. The number of carbonyl (C=O) groups excluding carboxylic acids is 1. The van der Waals surface area contributed by atoms with Crippen molar-refractivity contribution in [1.29, 1.82) is 0 Å². The van der Waals surface area contributed by atoms with Crippen molar-refractivity contribution in [3.63, 3.8) is 0 Å². The minimum atomic E-state index is -0.768. The van der Waals surface area contributed by atoms with Crippen LogP contribution < -0.4 is 10.4 Å². The average molecular weight is 345 g/mol. The SMILES string of the molecule is CC1(C)C(=O)N(C2CC2)c2cc(B3OC(C)(C)C(C)(C)O3)c(F)cc21. The molecule has 1 saturated heterocycles. The standard InChI is InChI=1S/C19H25BFNO3/c1-17(2)12-9-14(21)13(20-24-18(3,4)19(5,6)25-20)10-15(12)22(16(17)23)11-7-8-11/h9-11H,7-8H2,1-6H3. The van der Waals surface area contributed by atoms with E-state index < -0.39 is 23.7 Å². The first-order valence-electron chi connectivity index (χ1n) is 8.99. The van der Waals surface area contributed by atoms with E-state index in [1.54, 1.807) is 6.07 Å². The van der Waals surface area contributed by atoms with Crippen molar-refractivity contribution in [2.75, 3.05) is 4.90 Å². The lowest BCUT2D eigenvalue weighted by Gasteiger charge is -2.32. The first-order chi connectivity index (χ1) is 11.5. The summed E-state index contributed by atoms with van der Waals surface area (Å²) in [7, 11) is -0.768. The molecule has 1 aromatic carbocycles. The highest BCUT2D eigenvalue weighted by Crippen LogP contribution is 2.47. The number of amides is 1. The summed E-state index contributed by atoms with van der Waals surface area (Å²) in [6, 6.07) is 3.50. The van der Waals surface area contributed by atoms with Crippen molar-refractivity contribution < 1.29 is 18.5 Å². The predicted molar refractivity (Wildman–Crippen MR) is 95.7 cm³/mol. The Morgan fingerprint density at radius 2 is 1.64 bits per heavy atom. The molecule has 3 aliphatic rings. The first-order valence-corrected chi connectivity index (χ1v) is 8.99. The number of carbonyl (C=O) groups is 1. The molecular formula is C19H25BFNO3. The topological polar surface area (TPSA) is 38.8 Å². The lowest BCUT2D eigenvalue weighted by atomic mass is 9.76. The summed E-state index contributed by atoms with van der Waals surface area (Å²) < 4.78 is 27.0. The molecule has 1 saturated carbocycles. The van der Waals surface area contributed by atoms with Gasteiger partial charge in [0, 0.05) is 17.2 Å². The van der Waals surface area contributed by atoms with Crippen LogP contribution >= 0.6 is 0 Å². The molecule has 134 valence electrons. The number of halogens is 1. The summed E-state index contributed by atoms with van der Waals surface area (Å²) in [5.74, 6) is -0.328. The molecule has 6 heteroatoms. The molecule has 25 heavy (non-hydrogen) atoms. The van der Waals surface area contributed by atoms with Gasteiger partial charge in [-0.25, -0.2) is 4.39 Å². The summed E-state index contributed by atoms with van der Waals surface area (Å²) in [6.45, 7) is 11.5. The first kappa shape index (κ1) is 17.0. The molecule has 1 amide bonds. The molecule has 4 nitrogen and oxygen atoms in total. The number of fused-ring (bicyclic) bond motifs is 1. The van der Waals surface area contributed by atoms with Gasteiger partial charge < -0.3 is 14.2 Å². The molecule has 2 heterocycles. The van der Waals surface area contributed by atoms with Crippen molar-refractivity contribution in [1.82, 2.24) is 0 Å². The van der Waals surface area contributed by atoms with Crippen LogP contribution in [0.3, 0.4) is 0 Å². The molecule has 0 aromatic heterocycles. The van der Waals surface area contributed by atoms with E-state index >= 15 is 0 Å². The van der Waals surface area contributed by atoms with Crippen molar-refractivity contribution in [2.45, 2.75) is 77.0 Å². The van der Waals surface area contributed by atoms with Gasteiger partial charge in [0.15, 0.2) is 0 Å². The molecule has 0 spiro atoms. The number of anilines is 1. The molecule has 0 atom stereocenters. The minimum absolute atomic E-state index is 0.0514. The molecular weight excluding hydrogens is 320 g/mol. The second-order valence-corrected chi connectivity index (χ2v) is 9.01. The smallest absolute Gasteiger partial charge is 0.399 e. The molecule has 0 bridgehead atoms. The zero-order chi connectivity index (χ0) is 18.4. The largest absolute Gasteiger partial charge is 0.497 e. The Bertz CT molecular complexity index is 754. The fourth-order valence-electron chi connectivity index (χ4n) is 3.65. The molecule has 0 radical (unpaired) electrons. The van der Waals surface area contributed by atoms with Gasteiger partial charge in [-0.05, 0) is 72.1 Å². The van der Waals surface area contributed by atoms with Crippen LogP contribution in [0.2, 0.25) is 0 Å². The van der Waals surface area contributed by atoms with Crippen molar-refractivity contribution in [3.8, 4) is 0 Å². The van der Waals surface area contributed by atoms with E-state index in [2.05, 4.69) is 0 Å². The van der Waals surface area contributed by atoms with E-state index in [1.807, 2.05) is 46.4 Å². The number of hydrogen-bond acceptors (Lipinski definition) is 3. The predicted octanol–water partition coefficient (Wildman–Crippen LogP) is 2.91. The molecule has 2 aliphatic heterocycles. The third-order valence-corrected chi connectivity index (χ3v) is 6.22. The molecule has 0 unspecified atom stereocenters. The van der Waals surface area contributed by atoms with Gasteiger partial charge in [0.1, 0.15) is 5.82 Å². The summed E-state index contributed by atoms with van der Waals surface area (Å²) in [4.78, 5) is 14.7. The summed E-state index contributed by atoms with van der Waals surface area (Å²) >= 11 is 0. The summed E-state index contributed by atoms with van der Waals surface area (Å²) in [5.41, 5.74) is 0.162. The van der Waals surface area contributed by atoms with Crippen LogP contribution in [0, 0.1) is 5.82 Å². The lowest BCUT2D eigenvalue weighted by Crippen LogP contribution is -2.41. The fourth-order valence-corrected chi connectivity index (χ4v) is 3.65. The Morgan fingerprint density at radius 3 is 2.16 bits per heavy atom. The van der Waals surface area contributed by atoms with Crippen LogP contribution in [0.25, 0.3) is 0 Å². The molecule has 1 aliphatic carbocycles. The van der Waals surface area contributed by atoms with Crippen molar-refractivity contribution in [2.24, 2.45) is 0 Å². The third-order valence-electron chi connectivity index (χ3n) is 6.22. The Hall–Kier alpha value is -1.40. The van der Waals surface area contributed by atoms with Gasteiger partial charge in [-0.2, -0.15) is 0 Å². The van der Waals surface area contributed by atoms with Crippen LogP contribution in [0.15, 0.2) is 12.1 Å². The van der Waals surface area contributed by atoms with Gasteiger partial charge in [-0.3, -0.25) is 4.79 Å². The van der Waals surface area contributed by atoms with Crippen molar-refractivity contribution >= 4 is 24.2 Å². The minimum Gasteiger partial charge on any atom is -0.399 e. The second-order valence-electron chi connectivity index (χ2n) is 9.01. The highest BCUT2D eigenvalue weighted by Gasteiger charge is 2.54. The number of benzene rings is 1. The van der Waals surface area contributed by atoms with E-state index in [9.17, 15) is 9.18 Å². The van der Waals surface area contributed by atoms with E-state index in [1.165, 1.54) is 6.07 Å². The maximum atomic E-state index is 14.9. The Morgan fingerprint density at radius 1 is 1.08 bits per heavy atom. The van der Waals surface area contributed by atoms with Crippen molar-refractivity contribution in [3.05, 3.63) is 23.5 Å². The third kappa shape index (κ3) is 2.30. The summed E-state index contributed by atoms with van der Waals surface area (Å²) in [6.07, 6.45) is 2.01. The monoisotopic (exact) mass is 345 g/mol. The average Bonchev–Trinajstić information content (AvgIpc) is 3.24. The van der Waals surface area contributed by atoms with Gasteiger partial charge in [0.2, 0.25) is 5.91 Å². The van der Waals surface area contributed by atoms with E-state index in [0.29, 0.717) is 5.46 Å². The van der Waals surface area contributed by atoms with Crippen LogP contribution in [0.1, 0.15) is 59.9 Å². The van der Waals surface area contributed by atoms with E-state index in [0.717, 1.165) is 24.1 Å². The van der Waals surface area contributed by atoms with Crippen LogP contribution in [0.5, 0.6) is 0 Å². The molecule has 1 aromatic rings. The van der Waals surface area contributed by atoms with Crippen LogP contribution in [-0.4, -0.2) is 30.3 Å². The Kier molecular flexibility index (Phi) is 3.31. The highest BCUT2D eigenvalue weighted by atomic mass is 19.1. The summed E-state index contributed by atoms with van der Waals surface area (Å²) in [5, 5.41) is 0. The Balaban J connectivity index is 1.79. The quantitative estimate of drug-likeness (QED) is 0.774. The number of hydrogen-bond donors (Lipinski definition) is 0. The molecule has 0 N–H and O–H groups in total. The molecule has 2 fully saturated rings. The number of rotatable bonds is 2. The van der Waals surface area contributed by atoms with E-state index in [-0.39, 0.29) is 17.8 Å². The van der Waals surface area contributed by atoms with Gasteiger partial charge in [-0.1, -0.05) is 0 Å². The van der Waals surface area contributed by atoms with Gasteiger partial charge in [0.25, 0.3) is 0 Å². The maximum Gasteiger partial charge on any atom is 0.497 e. The van der Waals surface area contributed by atoms with Gasteiger partial charge in [0.05, 0.1) is 16.6 Å². The zero-order valence-corrected chi connectivity index (χ0v) is 15.8. The normalized spacial score (nSPS) is 26.3. The second kappa shape index (κ2) is 4.86. The van der Waals surface area contributed by atoms with Crippen LogP contribution in [0.4, 0.5) is 10.1 Å². The van der Waals surface area contributed by atoms with Crippen LogP contribution in [-0.2, 0) is 19.5 Å². The lowest BCUT2D eigenvalue weighted by molar-refractivity contribution is -0.122. The van der Waals surface area contributed by atoms with Gasteiger partial charge >= 0.3 is 7.12 Å². The van der Waals surface area contributed by atoms with Gasteiger partial charge in [-0.15, -0.1) is 0 Å². The Labute approximate surface area is 148 Å². The zero-order valence-electron chi connectivity index (χ0n) is 15.8. The fraction of sp³-hybridized carbons (Fsp3) is 0.632. The van der Waals surface area contributed by atoms with E-state index in [4.69, 9.17) is 9.31 Å². The number of nitrogens with zero attached hydrogens (tertiary/aromatic N) is 1.